The van der Waals surface area contributed by atoms with Crippen LogP contribution in [0.2, 0.25) is 5.02 Å². The molecule has 0 bridgehead atoms. The summed E-state index contributed by atoms with van der Waals surface area (Å²) in [5.41, 5.74) is 0.917. The lowest BCUT2D eigenvalue weighted by molar-refractivity contribution is -0.136. The minimum absolute atomic E-state index is 0.0749. The Morgan fingerprint density at radius 1 is 1.32 bits per heavy atom. The van der Waals surface area contributed by atoms with Crippen LogP contribution >= 0.6 is 38.9 Å². The van der Waals surface area contributed by atoms with Gasteiger partial charge in [0, 0.05) is 16.3 Å². The SMILES string of the molecule is O=C(O)Cc1ccc(CNc2cccc(Cl)c2Br)s1. The fourth-order valence-corrected chi connectivity index (χ4v) is 3.11. The fraction of sp³-hybridized carbons (Fsp3) is 0.154. The van der Waals surface area contributed by atoms with E-state index in [0.29, 0.717) is 11.6 Å². The number of carbonyl (C=O) groups is 1. The van der Waals surface area contributed by atoms with Crippen molar-refractivity contribution in [1.29, 1.82) is 0 Å². The van der Waals surface area contributed by atoms with Crippen LogP contribution in [0.15, 0.2) is 34.8 Å². The van der Waals surface area contributed by atoms with E-state index in [0.717, 1.165) is 19.9 Å². The molecule has 0 fully saturated rings. The van der Waals surface area contributed by atoms with Gasteiger partial charge in [-0.3, -0.25) is 4.79 Å². The number of hydrogen-bond acceptors (Lipinski definition) is 3. The smallest absolute Gasteiger partial charge is 0.308 e. The molecule has 0 aliphatic carbocycles. The third-order valence-corrected chi connectivity index (χ3v) is 4.93. The van der Waals surface area contributed by atoms with E-state index < -0.39 is 5.97 Å². The molecule has 0 amide bonds. The molecule has 6 heteroatoms. The summed E-state index contributed by atoms with van der Waals surface area (Å²) in [4.78, 5) is 12.6. The molecule has 0 atom stereocenters. The van der Waals surface area contributed by atoms with Crippen molar-refractivity contribution in [3.63, 3.8) is 0 Å². The summed E-state index contributed by atoms with van der Waals surface area (Å²) < 4.78 is 0.832. The van der Waals surface area contributed by atoms with Crippen LogP contribution in [0.4, 0.5) is 5.69 Å². The standard InChI is InChI=1S/C13H11BrClNO2S/c14-13-10(15)2-1-3-11(13)16-7-9-5-4-8(19-9)6-12(17)18/h1-5,16H,6-7H2,(H,17,18). The molecule has 0 saturated carbocycles. The Kier molecular flexibility index (Phi) is 4.85. The molecule has 0 radical (unpaired) electrons. The summed E-state index contributed by atoms with van der Waals surface area (Å²) in [6.45, 7) is 0.642. The van der Waals surface area contributed by atoms with Gasteiger partial charge >= 0.3 is 5.97 Å². The average Bonchev–Trinajstić information content (AvgIpc) is 2.78. The number of rotatable bonds is 5. The lowest BCUT2D eigenvalue weighted by Gasteiger charge is -2.08. The number of carboxylic acid groups (broad SMARTS) is 1. The topological polar surface area (TPSA) is 49.3 Å². The van der Waals surface area contributed by atoms with Crippen LogP contribution in [-0.2, 0) is 17.8 Å². The van der Waals surface area contributed by atoms with E-state index in [1.54, 1.807) is 0 Å². The van der Waals surface area contributed by atoms with Gasteiger partial charge in [-0.25, -0.2) is 0 Å². The fourth-order valence-electron chi connectivity index (χ4n) is 1.58. The molecule has 0 aliphatic rings. The number of aliphatic carboxylic acids is 1. The summed E-state index contributed by atoms with van der Waals surface area (Å²) in [6, 6.07) is 9.41. The van der Waals surface area contributed by atoms with Gasteiger partial charge in [0.1, 0.15) is 0 Å². The monoisotopic (exact) mass is 359 g/mol. The molecule has 1 aromatic carbocycles. The molecule has 19 heavy (non-hydrogen) atoms. The van der Waals surface area contributed by atoms with Crippen molar-refractivity contribution in [1.82, 2.24) is 0 Å². The molecule has 1 heterocycles. The van der Waals surface area contributed by atoms with E-state index in [-0.39, 0.29) is 6.42 Å². The van der Waals surface area contributed by atoms with Crippen molar-refractivity contribution in [3.05, 3.63) is 49.6 Å². The van der Waals surface area contributed by atoms with Crippen LogP contribution in [0, 0.1) is 0 Å². The molecule has 0 saturated heterocycles. The molecular formula is C13H11BrClNO2S. The maximum absolute atomic E-state index is 10.6. The average molecular weight is 361 g/mol. The molecule has 2 aromatic rings. The van der Waals surface area contributed by atoms with Gasteiger partial charge in [0.15, 0.2) is 0 Å². The highest BCUT2D eigenvalue weighted by Gasteiger charge is 2.06. The van der Waals surface area contributed by atoms with Crippen molar-refractivity contribution in [2.24, 2.45) is 0 Å². The van der Waals surface area contributed by atoms with Crippen LogP contribution in [0.25, 0.3) is 0 Å². The van der Waals surface area contributed by atoms with E-state index in [9.17, 15) is 4.79 Å². The third-order valence-electron chi connectivity index (χ3n) is 2.45. The van der Waals surface area contributed by atoms with E-state index in [2.05, 4.69) is 21.2 Å². The van der Waals surface area contributed by atoms with Gasteiger partial charge in [0.2, 0.25) is 0 Å². The molecular weight excluding hydrogens is 350 g/mol. The molecule has 2 rings (SSSR count). The number of anilines is 1. The number of hydrogen-bond donors (Lipinski definition) is 2. The minimum Gasteiger partial charge on any atom is -0.481 e. The first-order chi connectivity index (χ1) is 9.06. The van der Waals surface area contributed by atoms with Gasteiger partial charge < -0.3 is 10.4 Å². The van der Waals surface area contributed by atoms with Crippen molar-refractivity contribution in [3.8, 4) is 0 Å². The Bertz CT molecular complexity index is 600. The highest BCUT2D eigenvalue weighted by molar-refractivity contribution is 9.10. The van der Waals surface area contributed by atoms with E-state index in [1.165, 1.54) is 11.3 Å². The first-order valence-corrected chi connectivity index (χ1v) is 7.52. The molecule has 2 N–H and O–H groups in total. The van der Waals surface area contributed by atoms with E-state index >= 15 is 0 Å². The predicted octanol–water partition coefficient (Wildman–Crippen LogP) is 4.40. The largest absolute Gasteiger partial charge is 0.481 e. The third kappa shape index (κ3) is 3.96. The Hall–Kier alpha value is -1.04. The van der Waals surface area contributed by atoms with Crippen LogP contribution in [0.5, 0.6) is 0 Å². The Balaban J connectivity index is 2.00. The second kappa shape index (κ2) is 6.41. The van der Waals surface area contributed by atoms with Crippen LogP contribution in [-0.4, -0.2) is 11.1 Å². The lowest BCUT2D eigenvalue weighted by atomic mass is 10.3. The number of carboxylic acids is 1. The number of thiophene rings is 1. The quantitative estimate of drug-likeness (QED) is 0.830. The maximum Gasteiger partial charge on any atom is 0.308 e. The molecule has 0 spiro atoms. The Labute approximate surface area is 128 Å². The molecule has 0 aliphatic heterocycles. The number of nitrogens with one attached hydrogen (secondary N) is 1. The predicted molar refractivity (Wildman–Crippen MR) is 82.1 cm³/mol. The normalized spacial score (nSPS) is 10.4. The second-order valence-corrected chi connectivity index (χ2v) is 6.35. The summed E-state index contributed by atoms with van der Waals surface area (Å²) in [5, 5.41) is 12.6. The maximum atomic E-state index is 10.6. The highest BCUT2D eigenvalue weighted by Crippen LogP contribution is 2.30. The Morgan fingerprint density at radius 2 is 2.05 bits per heavy atom. The first kappa shape index (κ1) is 14.4. The van der Waals surface area contributed by atoms with Crippen LogP contribution in [0.3, 0.4) is 0 Å². The van der Waals surface area contributed by atoms with Crippen molar-refractivity contribution >= 4 is 50.5 Å². The summed E-state index contributed by atoms with van der Waals surface area (Å²) in [6.07, 6.45) is 0.0749. The van der Waals surface area contributed by atoms with Crippen molar-refractivity contribution < 1.29 is 9.90 Å². The molecule has 0 unspecified atom stereocenters. The molecule has 100 valence electrons. The zero-order chi connectivity index (χ0) is 13.8. The van der Waals surface area contributed by atoms with Gasteiger partial charge in [-0.2, -0.15) is 0 Å². The summed E-state index contributed by atoms with van der Waals surface area (Å²) in [7, 11) is 0. The number of halogens is 2. The number of benzene rings is 1. The summed E-state index contributed by atoms with van der Waals surface area (Å²) >= 11 is 10.9. The van der Waals surface area contributed by atoms with Crippen molar-refractivity contribution in [2.75, 3.05) is 5.32 Å². The van der Waals surface area contributed by atoms with Crippen molar-refractivity contribution in [2.45, 2.75) is 13.0 Å². The van der Waals surface area contributed by atoms with E-state index in [1.807, 2.05) is 30.3 Å². The first-order valence-electron chi connectivity index (χ1n) is 5.53. The van der Waals surface area contributed by atoms with Crippen LogP contribution < -0.4 is 5.32 Å². The van der Waals surface area contributed by atoms with Gasteiger partial charge in [-0.05, 0) is 40.2 Å². The second-order valence-electron chi connectivity index (χ2n) is 3.89. The molecule has 1 aromatic heterocycles. The highest BCUT2D eigenvalue weighted by atomic mass is 79.9. The summed E-state index contributed by atoms with van der Waals surface area (Å²) in [5.74, 6) is -0.807. The van der Waals surface area contributed by atoms with E-state index in [4.69, 9.17) is 16.7 Å². The Morgan fingerprint density at radius 3 is 2.79 bits per heavy atom. The van der Waals surface area contributed by atoms with Gasteiger partial charge in [0.25, 0.3) is 0 Å². The minimum atomic E-state index is -0.807. The van der Waals surface area contributed by atoms with Gasteiger partial charge in [0.05, 0.1) is 21.6 Å². The zero-order valence-electron chi connectivity index (χ0n) is 9.82. The lowest BCUT2D eigenvalue weighted by Crippen LogP contribution is -1.98. The van der Waals surface area contributed by atoms with Gasteiger partial charge in [-0.1, -0.05) is 17.7 Å². The van der Waals surface area contributed by atoms with Crippen LogP contribution in [0.1, 0.15) is 9.75 Å². The molecule has 3 nitrogen and oxygen atoms in total. The zero-order valence-corrected chi connectivity index (χ0v) is 13.0. The van der Waals surface area contributed by atoms with Gasteiger partial charge in [-0.15, -0.1) is 11.3 Å².